The van der Waals surface area contributed by atoms with Gasteiger partial charge in [0.15, 0.2) is 0 Å². The van der Waals surface area contributed by atoms with Gasteiger partial charge in [0.1, 0.15) is 0 Å². The van der Waals surface area contributed by atoms with Crippen LogP contribution in [-0.4, -0.2) is 16.8 Å². The smallest absolute Gasteiger partial charge is 0.208 e. The zero-order valence-electron chi connectivity index (χ0n) is 20.4. The lowest BCUT2D eigenvalue weighted by Gasteiger charge is -2.12. The first-order chi connectivity index (χ1) is 17.8. The van der Waals surface area contributed by atoms with Crippen molar-refractivity contribution in [2.24, 2.45) is 0 Å². The van der Waals surface area contributed by atoms with E-state index in [0.717, 1.165) is 15.3 Å². The standard InChI is InChI=1S/C30H24O4S3/c1-3-23-22(18-24(35-23)19-12-6-5-7-13-19)30-29(21-15-9-11-17-27(21)37(30,33)34)28-20-14-8-10-16-26(20)36(31,32)25(28)4-2/h5-18H,3-4H2,1-2H3. The molecule has 4 aromatic rings. The van der Waals surface area contributed by atoms with Crippen molar-refractivity contribution in [3.63, 3.8) is 0 Å². The van der Waals surface area contributed by atoms with Gasteiger partial charge in [-0.1, -0.05) is 80.6 Å². The summed E-state index contributed by atoms with van der Waals surface area (Å²) in [5, 5.41) is 0. The van der Waals surface area contributed by atoms with Gasteiger partial charge in [-0.3, -0.25) is 0 Å². The molecule has 0 unspecified atom stereocenters. The normalized spacial score (nSPS) is 17.2. The van der Waals surface area contributed by atoms with Gasteiger partial charge in [-0.15, -0.1) is 11.3 Å². The maximum absolute atomic E-state index is 14.2. The molecular formula is C30H24O4S3. The first-order valence-corrected chi connectivity index (χ1v) is 15.9. The zero-order chi connectivity index (χ0) is 25.9. The molecule has 2 aliphatic rings. The third kappa shape index (κ3) is 3.45. The predicted octanol–water partition coefficient (Wildman–Crippen LogP) is 7.24. The minimum atomic E-state index is -3.90. The minimum absolute atomic E-state index is 0.205. The van der Waals surface area contributed by atoms with Crippen molar-refractivity contribution in [3.8, 4) is 10.4 Å². The van der Waals surface area contributed by atoms with E-state index < -0.39 is 19.7 Å². The second-order valence-electron chi connectivity index (χ2n) is 9.02. The Morgan fingerprint density at radius 3 is 1.81 bits per heavy atom. The Morgan fingerprint density at radius 2 is 1.19 bits per heavy atom. The van der Waals surface area contributed by atoms with Crippen LogP contribution in [0, 0.1) is 0 Å². The SMILES string of the molecule is CCC1=C(C2=C(c3cc(-c4ccccc4)sc3CC)S(=O)(=O)c3ccccc32)c2ccccc2S1(=O)=O. The van der Waals surface area contributed by atoms with Crippen LogP contribution >= 0.6 is 11.3 Å². The molecule has 3 aromatic carbocycles. The van der Waals surface area contributed by atoms with E-state index in [-0.39, 0.29) is 26.0 Å². The molecule has 0 saturated carbocycles. The molecule has 0 atom stereocenters. The van der Waals surface area contributed by atoms with Gasteiger partial charge in [0.25, 0.3) is 0 Å². The summed E-state index contributed by atoms with van der Waals surface area (Å²) >= 11 is 1.58. The summed E-state index contributed by atoms with van der Waals surface area (Å²) in [6.07, 6.45) is 0.926. The average Bonchev–Trinajstić information content (AvgIpc) is 3.50. The van der Waals surface area contributed by atoms with Crippen LogP contribution in [0.4, 0.5) is 0 Å². The molecule has 1 aromatic heterocycles. The number of hydrogen-bond donors (Lipinski definition) is 0. The number of allylic oxidation sites excluding steroid dienone is 3. The Balaban J connectivity index is 1.76. The highest BCUT2D eigenvalue weighted by Crippen LogP contribution is 2.56. The highest BCUT2D eigenvalue weighted by atomic mass is 32.2. The molecule has 37 heavy (non-hydrogen) atoms. The Labute approximate surface area is 221 Å². The Kier molecular flexibility index (Phi) is 5.64. The van der Waals surface area contributed by atoms with E-state index in [1.54, 1.807) is 53.8 Å². The van der Waals surface area contributed by atoms with E-state index in [4.69, 9.17) is 0 Å². The molecule has 0 bridgehead atoms. The van der Waals surface area contributed by atoms with E-state index in [2.05, 4.69) is 0 Å². The molecule has 0 aliphatic carbocycles. The molecule has 7 heteroatoms. The van der Waals surface area contributed by atoms with Crippen LogP contribution in [0.5, 0.6) is 0 Å². The summed E-state index contributed by atoms with van der Waals surface area (Å²) in [6, 6.07) is 25.7. The van der Waals surface area contributed by atoms with Crippen LogP contribution in [0.3, 0.4) is 0 Å². The molecule has 3 heterocycles. The summed E-state index contributed by atoms with van der Waals surface area (Å²) in [7, 11) is -7.63. The lowest BCUT2D eigenvalue weighted by atomic mass is 9.90. The highest BCUT2D eigenvalue weighted by molar-refractivity contribution is 8.01. The molecule has 2 aliphatic heterocycles. The zero-order valence-corrected chi connectivity index (χ0v) is 22.8. The lowest BCUT2D eigenvalue weighted by molar-refractivity contribution is 0.601. The molecule has 4 nitrogen and oxygen atoms in total. The van der Waals surface area contributed by atoms with Crippen molar-refractivity contribution in [2.75, 3.05) is 0 Å². The molecule has 6 rings (SSSR count). The number of sulfone groups is 2. The van der Waals surface area contributed by atoms with Crippen molar-refractivity contribution in [2.45, 2.75) is 36.5 Å². The van der Waals surface area contributed by atoms with Gasteiger partial charge in [-0.2, -0.15) is 0 Å². The Hall–Kier alpha value is -3.26. The fraction of sp³-hybridized carbons (Fsp3) is 0.133. The van der Waals surface area contributed by atoms with Crippen molar-refractivity contribution in [1.82, 2.24) is 0 Å². The van der Waals surface area contributed by atoms with Gasteiger partial charge in [-0.25, -0.2) is 16.8 Å². The van der Waals surface area contributed by atoms with Crippen LogP contribution in [0.25, 0.3) is 26.5 Å². The lowest BCUT2D eigenvalue weighted by Crippen LogP contribution is -2.02. The second kappa shape index (κ2) is 8.65. The molecule has 0 spiro atoms. The average molecular weight is 545 g/mol. The summed E-state index contributed by atoms with van der Waals surface area (Å²) in [6.45, 7) is 3.83. The van der Waals surface area contributed by atoms with E-state index in [1.165, 1.54) is 0 Å². The van der Waals surface area contributed by atoms with Crippen LogP contribution in [-0.2, 0) is 26.1 Å². The topological polar surface area (TPSA) is 68.3 Å². The first kappa shape index (κ1) is 24.1. The van der Waals surface area contributed by atoms with Gasteiger partial charge >= 0.3 is 0 Å². The quantitative estimate of drug-likeness (QED) is 0.266. The van der Waals surface area contributed by atoms with Gasteiger partial charge in [0.05, 0.1) is 19.6 Å². The van der Waals surface area contributed by atoms with Crippen molar-refractivity contribution < 1.29 is 16.8 Å². The van der Waals surface area contributed by atoms with Crippen LogP contribution in [0.2, 0.25) is 0 Å². The number of aryl methyl sites for hydroxylation is 1. The first-order valence-electron chi connectivity index (χ1n) is 12.2. The number of benzene rings is 3. The monoisotopic (exact) mass is 544 g/mol. The van der Waals surface area contributed by atoms with Gasteiger partial charge in [0.2, 0.25) is 19.7 Å². The molecular weight excluding hydrogens is 521 g/mol. The molecule has 0 saturated heterocycles. The van der Waals surface area contributed by atoms with E-state index in [9.17, 15) is 16.8 Å². The van der Waals surface area contributed by atoms with E-state index >= 15 is 0 Å². The minimum Gasteiger partial charge on any atom is -0.219 e. The van der Waals surface area contributed by atoms with Gasteiger partial charge in [-0.05, 0) is 36.6 Å². The summed E-state index contributed by atoms with van der Waals surface area (Å²) in [4.78, 5) is 2.87. The molecule has 0 N–H and O–H groups in total. The summed E-state index contributed by atoms with van der Waals surface area (Å²) in [5.74, 6) is 0. The van der Waals surface area contributed by atoms with Crippen LogP contribution in [0.15, 0.2) is 99.6 Å². The van der Waals surface area contributed by atoms with Crippen molar-refractivity contribution in [1.29, 1.82) is 0 Å². The van der Waals surface area contributed by atoms with Gasteiger partial charge < -0.3 is 0 Å². The maximum atomic E-state index is 14.2. The highest BCUT2D eigenvalue weighted by Gasteiger charge is 2.44. The fourth-order valence-corrected chi connectivity index (χ4v) is 10.3. The third-order valence-electron chi connectivity index (χ3n) is 6.99. The Morgan fingerprint density at radius 1 is 0.622 bits per heavy atom. The van der Waals surface area contributed by atoms with E-state index in [0.29, 0.717) is 34.3 Å². The largest absolute Gasteiger partial charge is 0.219 e. The number of thiophene rings is 1. The number of fused-ring (bicyclic) bond motifs is 2. The van der Waals surface area contributed by atoms with Crippen LogP contribution in [0.1, 0.15) is 41.8 Å². The second-order valence-corrected chi connectivity index (χ2v) is 14.0. The van der Waals surface area contributed by atoms with Crippen molar-refractivity contribution >= 4 is 47.1 Å². The Bertz CT molecular complexity index is 1860. The van der Waals surface area contributed by atoms with Crippen LogP contribution < -0.4 is 0 Å². The molecule has 186 valence electrons. The summed E-state index contributed by atoms with van der Waals surface area (Å²) in [5.41, 5.74) is 3.80. The molecule has 0 fully saturated rings. The number of rotatable bonds is 5. The van der Waals surface area contributed by atoms with E-state index in [1.807, 2.05) is 56.3 Å². The maximum Gasteiger partial charge on any atom is 0.208 e. The molecule has 0 amide bonds. The number of hydrogen-bond acceptors (Lipinski definition) is 5. The third-order valence-corrected chi connectivity index (χ3v) is 12.3. The predicted molar refractivity (Wildman–Crippen MR) is 150 cm³/mol. The summed E-state index contributed by atoms with van der Waals surface area (Å²) < 4.78 is 55.6. The fourth-order valence-electron chi connectivity index (χ4n) is 5.40. The molecule has 0 radical (unpaired) electrons. The van der Waals surface area contributed by atoms with Crippen molar-refractivity contribution in [3.05, 3.63) is 111 Å². The van der Waals surface area contributed by atoms with Gasteiger partial charge in [0, 0.05) is 37.6 Å².